The Balaban J connectivity index is 1.97. The first-order valence-corrected chi connectivity index (χ1v) is 6.57. The van der Waals surface area contributed by atoms with Crippen molar-refractivity contribution in [3.63, 3.8) is 0 Å². The number of aromatic nitrogens is 5. The second-order valence-electron chi connectivity index (χ2n) is 4.66. The molecule has 0 atom stereocenters. The van der Waals surface area contributed by atoms with Crippen LogP contribution in [0.5, 0.6) is 0 Å². The van der Waals surface area contributed by atoms with Crippen molar-refractivity contribution < 1.29 is 9.53 Å². The quantitative estimate of drug-likeness (QED) is 0.630. The summed E-state index contributed by atoms with van der Waals surface area (Å²) in [5.41, 5.74) is 0.698. The lowest BCUT2D eigenvalue weighted by Gasteiger charge is -2.02. The van der Waals surface area contributed by atoms with Crippen LogP contribution in [0.25, 0.3) is 5.65 Å². The Morgan fingerprint density at radius 3 is 2.77 bits per heavy atom. The fourth-order valence-electron chi connectivity index (χ4n) is 2.10. The Labute approximate surface area is 125 Å². The Morgan fingerprint density at radius 1 is 1.27 bits per heavy atom. The van der Waals surface area contributed by atoms with Crippen molar-refractivity contribution in [3.8, 4) is 0 Å². The Hall–Kier alpha value is -2.87. The van der Waals surface area contributed by atoms with E-state index in [0.717, 1.165) is 10.2 Å². The first-order chi connectivity index (χ1) is 10.7. The van der Waals surface area contributed by atoms with E-state index in [2.05, 4.69) is 15.3 Å². The summed E-state index contributed by atoms with van der Waals surface area (Å²) in [6, 6.07) is 9.30. The van der Waals surface area contributed by atoms with Crippen molar-refractivity contribution in [3.05, 3.63) is 58.4 Å². The van der Waals surface area contributed by atoms with Crippen molar-refractivity contribution in [1.29, 1.82) is 0 Å². The molecule has 1 aromatic carbocycles. The molecule has 22 heavy (non-hydrogen) atoms. The smallest absolute Gasteiger partial charge is 0.355 e. The van der Waals surface area contributed by atoms with Gasteiger partial charge >= 0.3 is 5.69 Å². The Bertz CT molecular complexity index is 869. The SMILES string of the molecule is COCn1nnc2c(C(=O)Cc3ccccc3)ncn2c1=O. The van der Waals surface area contributed by atoms with Gasteiger partial charge in [-0.05, 0) is 5.56 Å². The summed E-state index contributed by atoms with van der Waals surface area (Å²) in [5, 5.41) is 7.63. The minimum absolute atomic E-state index is 0.0206. The third-order valence-electron chi connectivity index (χ3n) is 3.14. The Morgan fingerprint density at radius 2 is 2.05 bits per heavy atom. The van der Waals surface area contributed by atoms with Crippen molar-refractivity contribution in [2.45, 2.75) is 13.2 Å². The molecule has 8 heteroatoms. The zero-order valence-electron chi connectivity index (χ0n) is 11.8. The van der Waals surface area contributed by atoms with Gasteiger partial charge in [-0.25, -0.2) is 14.2 Å². The van der Waals surface area contributed by atoms with Gasteiger partial charge in [0.15, 0.2) is 17.1 Å². The minimum Gasteiger partial charge on any atom is -0.362 e. The number of fused-ring (bicyclic) bond motifs is 1. The molecular formula is C14H13N5O3. The van der Waals surface area contributed by atoms with Crippen molar-refractivity contribution in [2.24, 2.45) is 0 Å². The zero-order chi connectivity index (χ0) is 15.5. The number of hydrogen-bond donors (Lipinski definition) is 0. The molecule has 0 saturated heterocycles. The molecule has 8 nitrogen and oxygen atoms in total. The van der Waals surface area contributed by atoms with Crippen LogP contribution in [0.15, 0.2) is 41.5 Å². The topological polar surface area (TPSA) is 91.4 Å². The number of ether oxygens (including phenoxy) is 1. The molecule has 0 amide bonds. The third kappa shape index (κ3) is 2.51. The van der Waals surface area contributed by atoms with E-state index < -0.39 is 5.69 Å². The summed E-state index contributed by atoms with van der Waals surface area (Å²) < 4.78 is 7.08. The highest BCUT2D eigenvalue weighted by Gasteiger charge is 2.17. The summed E-state index contributed by atoms with van der Waals surface area (Å²) in [5.74, 6) is -0.216. The van der Waals surface area contributed by atoms with Gasteiger partial charge in [0.25, 0.3) is 0 Å². The van der Waals surface area contributed by atoms with Gasteiger partial charge in [-0.1, -0.05) is 35.5 Å². The van der Waals surface area contributed by atoms with E-state index in [1.54, 1.807) is 0 Å². The fraction of sp³-hybridized carbons (Fsp3) is 0.214. The largest absolute Gasteiger partial charge is 0.362 e. The molecule has 2 heterocycles. The maximum Gasteiger partial charge on any atom is 0.355 e. The molecule has 0 fully saturated rings. The van der Waals surface area contributed by atoms with Crippen molar-refractivity contribution >= 4 is 11.4 Å². The summed E-state index contributed by atoms with van der Waals surface area (Å²) in [6.45, 7) is -0.0206. The molecule has 0 unspecified atom stereocenters. The molecule has 3 rings (SSSR count). The summed E-state index contributed by atoms with van der Waals surface area (Å²) in [6.07, 6.45) is 1.47. The standard InChI is InChI=1S/C14H13N5O3/c1-22-9-19-14(21)18-8-15-12(13(18)16-17-19)11(20)7-10-5-3-2-4-6-10/h2-6,8H,7,9H2,1H3. The van der Waals surface area contributed by atoms with Crippen LogP contribution < -0.4 is 5.69 Å². The highest BCUT2D eigenvalue weighted by molar-refractivity contribution is 6.00. The van der Waals surface area contributed by atoms with Crippen LogP contribution in [-0.2, 0) is 17.9 Å². The molecule has 2 aromatic heterocycles. The highest BCUT2D eigenvalue weighted by atomic mass is 16.5. The van der Waals surface area contributed by atoms with Crippen molar-refractivity contribution in [2.75, 3.05) is 7.11 Å². The molecule has 0 aliphatic carbocycles. The minimum atomic E-state index is -0.460. The molecule has 0 radical (unpaired) electrons. The van der Waals surface area contributed by atoms with Gasteiger partial charge in [0.2, 0.25) is 0 Å². The average molecular weight is 299 g/mol. The maximum atomic E-state index is 12.3. The number of ketones is 1. The molecule has 0 aliphatic heterocycles. The molecule has 0 aliphatic rings. The van der Waals surface area contributed by atoms with E-state index in [9.17, 15) is 9.59 Å². The van der Waals surface area contributed by atoms with Crippen LogP contribution in [0.4, 0.5) is 0 Å². The summed E-state index contributed by atoms with van der Waals surface area (Å²) in [7, 11) is 1.45. The van der Waals surface area contributed by atoms with Gasteiger partial charge in [-0.2, -0.15) is 4.68 Å². The van der Waals surface area contributed by atoms with Gasteiger partial charge in [0.05, 0.1) is 0 Å². The predicted octanol–water partition coefficient (Wildman–Crippen LogP) is 0.315. The van der Waals surface area contributed by atoms with Crippen molar-refractivity contribution in [1.82, 2.24) is 24.4 Å². The van der Waals surface area contributed by atoms with Crippen LogP contribution in [-0.4, -0.2) is 37.3 Å². The van der Waals surface area contributed by atoms with E-state index in [0.29, 0.717) is 0 Å². The second kappa shape index (κ2) is 5.86. The lowest BCUT2D eigenvalue weighted by atomic mass is 10.1. The van der Waals surface area contributed by atoms with E-state index in [-0.39, 0.29) is 30.3 Å². The monoisotopic (exact) mass is 299 g/mol. The van der Waals surface area contributed by atoms with Gasteiger partial charge in [-0.3, -0.25) is 4.79 Å². The van der Waals surface area contributed by atoms with Crippen LogP contribution in [0.1, 0.15) is 16.1 Å². The zero-order valence-corrected chi connectivity index (χ0v) is 11.8. The fourth-order valence-corrected chi connectivity index (χ4v) is 2.10. The first kappa shape index (κ1) is 14.1. The molecule has 3 aromatic rings. The number of carbonyl (C=O) groups excluding carboxylic acids is 1. The maximum absolute atomic E-state index is 12.3. The van der Waals surface area contributed by atoms with Crippen LogP contribution >= 0.6 is 0 Å². The molecule has 0 bridgehead atoms. The normalized spacial score (nSPS) is 11.0. The number of imidazole rings is 1. The molecule has 0 saturated carbocycles. The van der Waals surface area contributed by atoms with Gasteiger partial charge in [0, 0.05) is 13.5 Å². The second-order valence-corrected chi connectivity index (χ2v) is 4.66. The lowest BCUT2D eigenvalue weighted by Crippen LogP contribution is -2.30. The molecular weight excluding hydrogens is 286 g/mol. The number of hydrogen-bond acceptors (Lipinski definition) is 6. The van der Waals surface area contributed by atoms with Gasteiger partial charge in [-0.15, -0.1) is 5.10 Å². The molecule has 112 valence electrons. The number of rotatable bonds is 5. The molecule has 0 spiro atoms. The third-order valence-corrected chi connectivity index (χ3v) is 3.14. The Kier molecular flexibility index (Phi) is 3.75. The number of nitrogens with zero attached hydrogens (tertiary/aromatic N) is 5. The summed E-state index contributed by atoms with van der Waals surface area (Å²) >= 11 is 0. The average Bonchev–Trinajstić information content (AvgIpc) is 2.96. The summed E-state index contributed by atoms with van der Waals surface area (Å²) in [4.78, 5) is 28.4. The van der Waals surface area contributed by atoms with E-state index in [1.165, 1.54) is 17.8 Å². The van der Waals surface area contributed by atoms with Gasteiger partial charge < -0.3 is 4.74 Å². The van der Waals surface area contributed by atoms with Crippen LogP contribution in [0.2, 0.25) is 0 Å². The van der Waals surface area contributed by atoms with Crippen LogP contribution in [0, 0.1) is 0 Å². The predicted molar refractivity (Wildman–Crippen MR) is 76.5 cm³/mol. The van der Waals surface area contributed by atoms with E-state index in [4.69, 9.17) is 4.74 Å². The lowest BCUT2D eigenvalue weighted by molar-refractivity contribution is 0.0989. The van der Waals surface area contributed by atoms with E-state index in [1.807, 2.05) is 30.3 Å². The first-order valence-electron chi connectivity index (χ1n) is 6.57. The number of benzene rings is 1. The number of Topliss-reactive ketones (excluding diaryl/α,β-unsaturated/α-hetero) is 1. The number of methoxy groups -OCH3 is 1. The molecule has 0 N–H and O–H groups in total. The highest BCUT2D eigenvalue weighted by Crippen LogP contribution is 2.09. The van der Waals surface area contributed by atoms with Gasteiger partial charge in [0.1, 0.15) is 13.1 Å². The van der Waals surface area contributed by atoms with Crippen LogP contribution in [0.3, 0.4) is 0 Å². The number of carbonyl (C=O) groups is 1. The van der Waals surface area contributed by atoms with E-state index >= 15 is 0 Å².